The maximum atomic E-state index is 11.4. The van der Waals surface area contributed by atoms with Crippen molar-refractivity contribution in [3.05, 3.63) is 11.3 Å². The van der Waals surface area contributed by atoms with Gasteiger partial charge in [-0.25, -0.2) is 4.79 Å². The van der Waals surface area contributed by atoms with Crippen LogP contribution in [0.2, 0.25) is 0 Å². The molecule has 2 N–H and O–H groups in total. The third-order valence-electron chi connectivity index (χ3n) is 5.62. The van der Waals surface area contributed by atoms with Crippen molar-refractivity contribution in [1.29, 1.82) is 0 Å². The van der Waals surface area contributed by atoms with Crippen molar-refractivity contribution in [2.24, 2.45) is 16.7 Å². The summed E-state index contributed by atoms with van der Waals surface area (Å²) in [5, 5.41) is 13.6. The standard InChI is InChI=1S/C15H22N2O2S/c1-8-10(12(18)19)11(20-17-8)16-13-14(2,3)9-5-6-15(13,4)7-9/h9,13,16H,5-7H2,1-4H3,(H,18,19). The molecule has 2 saturated carbocycles. The van der Waals surface area contributed by atoms with Crippen LogP contribution in [0.4, 0.5) is 5.00 Å². The highest BCUT2D eigenvalue weighted by atomic mass is 32.1. The number of aryl methyl sites for hydroxylation is 1. The highest BCUT2D eigenvalue weighted by molar-refractivity contribution is 7.10. The van der Waals surface area contributed by atoms with Gasteiger partial charge in [0.15, 0.2) is 0 Å². The number of carboxylic acid groups (broad SMARTS) is 1. The molecule has 4 nitrogen and oxygen atoms in total. The lowest BCUT2D eigenvalue weighted by Gasteiger charge is -2.43. The molecule has 0 aromatic carbocycles. The summed E-state index contributed by atoms with van der Waals surface area (Å²) in [6.07, 6.45) is 3.78. The number of carbonyl (C=O) groups is 1. The summed E-state index contributed by atoms with van der Waals surface area (Å²) < 4.78 is 4.21. The van der Waals surface area contributed by atoms with Crippen LogP contribution in [0.15, 0.2) is 0 Å². The van der Waals surface area contributed by atoms with Crippen LogP contribution in [-0.2, 0) is 0 Å². The van der Waals surface area contributed by atoms with Gasteiger partial charge in [-0.1, -0.05) is 20.8 Å². The predicted octanol–water partition coefficient (Wildman–Crippen LogP) is 3.78. The van der Waals surface area contributed by atoms with E-state index in [9.17, 15) is 9.90 Å². The number of aromatic nitrogens is 1. The van der Waals surface area contributed by atoms with Gasteiger partial charge in [0.05, 0.1) is 5.69 Å². The summed E-state index contributed by atoms with van der Waals surface area (Å²) in [6.45, 7) is 8.73. The second kappa shape index (κ2) is 4.20. The molecule has 1 aromatic heterocycles. The van der Waals surface area contributed by atoms with Gasteiger partial charge in [-0.3, -0.25) is 0 Å². The van der Waals surface area contributed by atoms with Gasteiger partial charge in [-0.2, -0.15) is 4.37 Å². The smallest absolute Gasteiger partial charge is 0.340 e. The Morgan fingerprint density at radius 3 is 2.70 bits per heavy atom. The molecule has 1 aromatic rings. The number of hydrogen-bond acceptors (Lipinski definition) is 4. The van der Waals surface area contributed by atoms with E-state index >= 15 is 0 Å². The highest BCUT2D eigenvalue weighted by Gasteiger charge is 2.59. The van der Waals surface area contributed by atoms with Crippen molar-refractivity contribution >= 4 is 22.5 Å². The summed E-state index contributed by atoms with van der Waals surface area (Å²) in [5.74, 6) is -0.142. The van der Waals surface area contributed by atoms with Crippen LogP contribution in [0.3, 0.4) is 0 Å². The lowest BCUT2D eigenvalue weighted by Crippen LogP contribution is -2.45. The zero-order valence-corrected chi connectivity index (χ0v) is 13.3. The first-order chi connectivity index (χ1) is 9.25. The number of aromatic carboxylic acids is 1. The van der Waals surface area contributed by atoms with Crippen molar-refractivity contribution in [1.82, 2.24) is 4.37 Å². The van der Waals surface area contributed by atoms with Crippen molar-refractivity contribution in [2.75, 3.05) is 5.32 Å². The fraction of sp³-hybridized carbons (Fsp3) is 0.733. The zero-order chi connectivity index (χ0) is 14.7. The van der Waals surface area contributed by atoms with Gasteiger partial charge in [0.2, 0.25) is 0 Å². The fourth-order valence-corrected chi connectivity index (χ4v) is 5.33. The maximum absolute atomic E-state index is 11.4. The molecule has 5 heteroatoms. The third kappa shape index (κ3) is 1.79. The number of nitrogens with one attached hydrogen (secondary N) is 1. The van der Waals surface area contributed by atoms with Gasteiger partial charge in [0, 0.05) is 6.04 Å². The SMILES string of the molecule is Cc1nsc(NC2C3(C)CCC(C3)C2(C)C)c1C(=O)O. The van der Waals surface area contributed by atoms with Gasteiger partial charge < -0.3 is 10.4 Å². The molecule has 3 unspecified atom stereocenters. The maximum Gasteiger partial charge on any atom is 0.340 e. The Kier molecular flexibility index (Phi) is 2.91. The van der Waals surface area contributed by atoms with Gasteiger partial charge in [-0.05, 0) is 54.5 Å². The Hall–Kier alpha value is -1.10. The van der Waals surface area contributed by atoms with Crippen LogP contribution in [0.25, 0.3) is 0 Å². The second-order valence-corrected chi connectivity index (χ2v) is 8.04. The molecule has 110 valence electrons. The summed E-state index contributed by atoms with van der Waals surface area (Å²) >= 11 is 1.28. The van der Waals surface area contributed by atoms with E-state index in [0.717, 1.165) is 10.9 Å². The Morgan fingerprint density at radius 2 is 2.15 bits per heavy atom. The molecule has 2 fully saturated rings. The second-order valence-electron chi connectivity index (χ2n) is 7.27. The molecule has 0 aliphatic heterocycles. The molecular weight excluding hydrogens is 272 g/mol. The molecule has 3 rings (SSSR count). The summed E-state index contributed by atoms with van der Waals surface area (Å²) in [4.78, 5) is 11.4. The van der Waals surface area contributed by atoms with E-state index in [4.69, 9.17) is 0 Å². The summed E-state index contributed by atoms with van der Waals surface area (Å²) in [7, 11) is 0. The number of anilines is 1. The molecule has 2 aliphatic rings. The monoisotopic (exact) mass is 294 g/mol. The van der Waals surface area contributed by atoms with Gasteiger partial charge in [0.25, 0.3) is 0 Å². The lowest BCUT2D eigenvalue weighted by atomic mass is 9.68. The van der Waals surface area contributed by atoms with Crippen molar-refractivity contribution < 1.29 is 9.90 Å². The van der Waals surface area contributed by atoms with Crippen LogP contribution in [0.1, 0.15) is 56.1 Å². The van der Waals surface area contributed by atoms with E-state index in [1.54, 1.807) is 6.92 Å². The van der Waals surface area contributed by atoms with E-state index in [0.29, 0.717) is 17.3 Å². The van der Waals surface area contributed by atoms with Gasteiger partial charge in [0.1, 0.15) is 10.6 Å². The topological polar surface area (TPSA) is 62.2 Å². The normalized spacial score (nSPS) is 34.4. The number of carboxylic acids is 1. The van der Waals surface area contributed by atoms with Crippen molar-refractivity contribution in [3.63, 3.8) is 0 Å². The van der Waals surface area contributed by atoms with Gasteiger partial charge in [-0.15, -0.1) is 0 Å². The summed E-state index contributed by atoms with van der Waals surface area (Å²) in [5.41, 5.74) is 1.44. The molecule has 0 spiro atoms. The van der Waals surface area contributed by atoms with Crippen LogP contribution in [0.5, 0.6) is 0 Å². The largest absolute Gasteiger partial charge is 0.478 e. The molecule has 0 amide bonds. The minimum Gasteiger partial charge on any atom is -0.478 e. The van der Waals surface area contributed by atoms with Crippen molar-refractivity contribution in [3.8, 4) is 0 Å². The molecule has 20 heavy (non-hydrogen) atoms. The van der Waals surface area contributed by atoms with E-state index in [-0.39, 0.29) is 10.8 Å². The minimum absolute atomic E-state index is 0.209. The third-order valence-corrected chi connectivity index (χ3v) is 6.49. The first kappa shape index (κ1) is 13.9. The lowest BCUT2D eigenvalue weighted by molar-refractivity contribution is 0.0696. The van der Waals surface area contributed by atoms with Crippen LogP contribution < -0.4 is 5.32 Å². The summed E-state index contributed by atoms with van der Waals surface area (Å²) in [6, 6.07) is 0.326. The first-order valence-corrected chi connectivity index (χ1v) is 7.99. The van der Waals surface area contributed by atoms with Crippen LogP contribution >= 0.6 is 11.5 Å². The van der Waals surface area contributed by atoms with Gasteiger partial charge >= 0.3 is 5.97 Å². The van der Waals surface area contributed by atoms with E-state index < -0.39 is 5.97 Å². The Balaban J connectivity index is 1.94. The predicted molar refractivity (Wildman–Crippen MR) is 80.5 cm³/mol. The average Bonchev–Trinajstić information content (AvgIpc) is 2.94. The molecule has 3 atom stereocenters. The number of nitrogens with zero attached hydrogens (tertiary/aromatic N) is 1. The van der Waals surface area contributed by atoms with E-state index in [1.807, 2.05) is 0 Å². The minimum atomic E-state index is -0.884. The van der Waals surface area contributed by atoms with Crippen LogP contribution in [-0.4, -0.2) is 21.5 Å². The van der Waals surface area contributed by atoms with E-state index in [2.05, 4.69) is 30.5 Å². The van der Waals surface area contributed by atoms with Crippen LogP contribution in [0, 0.1) is 23.7 Å². The Labute approximate surface area is 123 Å². The number of rotatable bonds is 3. The molecule has 0 radical (unpaired) electrons. The van der Waals surface area contributed by atoms with E-state index in [1.165, 1.54) is 30.8 Å². The quantitative estimate of drug-likeness (QED) is 0.890. The van der Waals surface area contributed by atoms with Crippen molar-refractivity contribution in [2.45, 2.75) is 53.0 Å². The average molecular weight is 294 g/mol. The number of fused-ring (bicyclic) bond motifs is 2. The Morgan fingerprint density at radius 1 is 1.45 bits per heavy atom. The zero-order valence-electron chi connectivity index (χ0n) is 12.5. The Bertz CT molecular complexity index is 561. The first-order valence-electron chi connectivity index (χ1n) is 7.22. The fourth-order valence-electron chi connectivity index (χ4n) is 4.51. The highest BCUT2D eigenvalue weighted by Crippen LogP contribution is 2.63. The molecular formula is C15H22N2O2S. The molecule has 0 saturated heterocycles. The number of hydrogen-bond donors (Lipinski definition) is 2. The molecule has 1 heterocycles. The molecule has 2 bridgehead atoms. The molecule has 2 aliphatic carbocycles.